The lowest BCUT2D eigenvalue weighted by molar-refractivity contribution is 0.117. The third kappa shape index (κ3) is 4.95. The third-order valence-electron chi connectivity index (χ3n) is 3.07. The zero-order chi connectivity index (χ0) is 11.5. The topological polar surface area (TPSA) is 40.6 Å². The number of piperazine rings is 1. The molecule has 0 aromatic rings. The molecule has 1 aliphatic heterocycles. The van der Waals surface area contributed by atoms with E-state index >= 15 is 0 Å². The molecule has 0 aromatic heterocycles. The van der Waals surface area contributed by atoms with Crippen molar-refractivity contribution in [3.8, 4) is 0 Å². The Hall–Kier alpha value is -0.130. The highest BCUT2D eigenvalue weighted by Crippen LogP contribution is 2.08. The Morgan fingerprint density at radius 2 is 1.73 bits per heavy atom. The van der Waals surface area contributed by atoms with Crippen molar-refractivity contribution in [2.45, 2.75) is 19.4 Å². The van der Waals surface area contributed by atoms with Crippen LogP contribution in [-0.2, 0) is 9.84 Å². The predicted octanol–water partition coefficient (Wildman–Crippen LogP) is 0.0570. The lowest BCUT2D eigenvalue weighted by Gasteiger charge is -2.36. The van der Waals surface area contributed by atoms with Crippen molar-refractivity contribution in [2.24, 2.45) is 0 Å². The Balaban J connectivity index is 2.31. The van der Waals surface area contributed by atoms with Crippen molar-refractivity contribution >= 4 is 9.84 Å². The summed E-state index contributed by atoms with van der Waals surface area (Å²) in [5.41, 5.74) is 0. The van der Waals surface area contributed by atoms with Crippen molar-refractivity contribution in [1.82, 2.24) is 9.80 Å². The fourth-order valence-electron chi connectivity index (χ4n) is 1.83. The SMILES string of the molecule is CC(CCS(C)(=O)=O)N1CCN(C)CC1. The summed E-state index contributed by atoms with van der Waals surface area (Å²) in [6, 6.07) is 0.383. The predicted molar refractivity (Wildman–Crippen MR) is 62.9 cm³/mol. The molecule has 0 N–H and O–H groups in total. The number of hydrogen-bond donors (Lipinski definition) is 0. The van der Waals surface area contributed by atoms with Gasteiger partial charge in [0.2, 0.25) is 0 Å². The molecule has 0 aromatic carbocycles. The van der Waals surface area contributed by atoms with E-state index in [1.807, 2.05) is 0 Å². The summed E-state index contributed by atoms with van der Waals surface area (Å²) in [6.45, 7) is 6.41. The van der Waals surface area contributed by atoms with Gasteiger partial charge < -0.3 is 4.90 Å². The molecular formula is C10H22N2O2S. The third-order valence-corrected chi connectivity index (χ3v) is 4.04. The van der Waals surface area contributed by atoms with Crippen molar-refractivity contribution in [3.63, 3.8) is 0 Å². The Morgan fingerprint density at radius 3 is 2.20 bits per heavy atom. The fourth-order valence-corrected chi connectivity index (χ4v) is 2.60. The van der Waals surface area contributed by atoms with Gasteiger partial charge in [-0.1, -0.05) is 0 Å². The normalized spacial score (nSPS) is 22.9. The second-order valence-corrected chi connectivity index (χ2v) is 6.87. The molecule has 15 heavy (non-hydrogen) atoms. The van der Waals surface area contributed by atoms with Gasteiger partial charge in [-0.15, -0.1) is 0 Å². The molecule has 0 saturated carbocycles. The van der Waals surface area contributed by atoms with E-state index in [-0.39, 0.29) is 0 Å². The highest BCUT2D eigenvalue weighted by molar-refractivity contribution is 7.90. The van der Waals surface area contributed by atoms with E-state index in [0.29, 0.717) is 11.8 Å². The molecule has 5 heteroatoms. The molecule has 90 valence electrons. The molecule has 1 fully saturated rings. The van der Waals surface area contributed by atoms with E-state index < -0.39 is 9.84 Å². The summed E-state index contributed by atoms with van der Waals surface area (Å²) < 4.78 is 22.1. The Bertz CT molecular complexity index is 282. The number of rotatable bonds is 4. The van der Waals surface area contributed by atoms with Crippen LogP contribution in [0.25, 0.3) is 0 Å². The molecule has 0 aliphatic carbocycles. The highest BCUT2D eigenvalue weighted by Gasteiger charge is 2.19. The van der Waals surface area contributed by atoms with E-state index in [9.17, 15) is 8.42 Å². The average Bonchev–Trinajstić information content (AvgIpc) is 2.14. The van der Waals surface area contributed by atoms with Crippen LogP contribution in [0.3, 0.4) is 0 Å². The average molecular weight is 234 g/mol. The van der Waals surface area contributed by atoms with E-state index in [0.717, 1.165) is 32.6 Å². The fraction of sp³-hybridized carbons (Fsp3) is 1.00. The largest absolute Gasteiger partial charge is 0.304 e. The molecule has 0 bridgehead atoms. The second kappa shape index (κ2) is 5.27. The molecule has 0 radical (unpaired) electrons. The molecule has 4 nitrogen and oxygen atoms in total. The van der Waals surface area contributed by atoms with Crippen LogP contribution in [0.2, 0.25) is 0 Å². The molecular weight excluding hydrogens is 212 g/mol. The molecule has 1 heterocycles. The Kier molecular flexibility index (Phi) is 4.55. The van der Waals surface area contributed by atoms with Gasteiger partial charge in [0.15, 0.2) is 0 Å². The van der Waals surface area contributed by atoms with E-state index in [4.69, 9.17) is 0 Å². The molecule has 1 unspecified atom stereocenters. The van der Waals surface area contributed by atoms with Gasteiger partial charge >= 0.3 is 0 Å². The van der Waals surface area contributed by atoms with E-state index in [1.54, 1.807) is 0 Å². The monoisotopic (exact) mass is 234 g/mol. The summed E-state index contributed by atoms with van der Waals surface area (Å²) >= 11 is 0. The standard InChI is InChI=1S/C10H22N2O2S/c1-10(4-9-15(3,13)14)12-7-5-11(2)6-8-12/h10H,4-9H2,1-3H3. The quantitative estimate of drug-likeness (QED) is 0.689. The van der Waals surface area contributed by atoms with E-state index in [2.05, 4.69) is 23.8 Å². The van der Waals surface area contributed by atoms with Crippen LogP contribution >= 0.6 is 0 Å². The van der Waals surface area contributed by atoms with Gasteiger partial charge in [0.05, 0.1) is 5.75 Å². The van der Waals surface area contributed by atoms with Crippen molar-refractivity contribution in [2.75, 3.05) is 45.2 Å². The van der Waals surface area contributed by atoms with Crippen LogP contribution in [-0.4, -0.2) is 69.5 Å². The molecule has 1 aliphatic rings. The zero-order valence-corrected chi connectivity index (χ0v) is 10.8. The first kappa shape index (κ1) is 12.9. The van der Waals surface area contributed by atoms with Gasteiger partial charge in [-0.05, 0) is 20.4 Å². The molecule has 0 spiro atoms. The van der Waals surface area contributed by atoms with Crippen molar-refractivity contribution in [3.05, 3.63) is 0 Å². The van der Waals surface area contributed by atoms with Crippen LogP contribution in [0.15, 0.2) is 0 Å². The van der Waals surface area contributed by atoms with Crippen LogP contribution < -0.4 is 0 Å². The van der Waals surface area contributed by atoms with Gasteiger partial charge in [0.1, 0.15) is 9.84 Å². The maximum absolute atomic E-state index is 11.0. The minimum atomic E-state index is -2.81. The van der Waals surface area contributed by atoms with Crippen LogP contribution in [0.5, 0.6) is 0 Å². The summed E-state index contributed by atoms with van der Waals surface area (Å²) in [5, 5.41) is 0. The van der Waals surface area contributed by atoms with E-state index in [1.165, 1.54) is 6.26 Å². The summed E-state index contributed by atoms with van der Waals surface area (Å²) in [7, 11) is -0.682. The van der Waals surface area contributed by atoms with Gasteiger partial charge in [-0.2, -0.15) is 0 Å². The number of likely N-dealkylation sites (N-methyl/N-ethyl adjacent to an activating group) is 1. The Morgan fingerprint density at radius 1 is 1.20 bits per heavy atom. The number of sulfone groups is 1. The number of hydrogen-bond acceptors (Lipinski definition) is 4. The Labute approximate surface area is 93.2 Å². The van der Waals surface area contributed by atoms with Gasteiger partial charge in [-0.25, -0.2) is 8.42 Å². The maximum Gasteiger partial charge on any atom is 0.147 e. The highest BCUT2D eigenvalue weighted by atomic mass is 32.2. The van der Waals surface area contributed by atoms with Crippen molar-refractivity contribution in [1.29, 1.82) is 0 Å². The minimum Gasteiger partial charge on any atom is -0.304 e. The molecule has 1 atom stereocenters. The van der Waals surface area contributed by atoms with Gasteiger partial charge in [0.25, 0.3) is 0 Å². The minimum absolute atomic E-state index is 0.306. The zero-order valence-electron chi connectivity index (χ0n) is 9.94. The summed E-state index contributed by atoms with van der Waals surface area (Å²) in [4.78, 5) is 4.69. The van der Waals surface area contributed by atoms with Crippen LogP contribution in [0.1, 0.15) is 13.3 Å². The molecule has 0 amide bonds. The lowest BCUT2D eigenvalue weighted by Crippen LogP contribution is -2.48. The van der Waals surface area contributed by atoms with Crippen LogP contribution in [0, 0.1) is 0 Å². The summed E-state index contributed by atoms with van der Waals surface area (Å²) in [5.74, 6) is 0.306. The lowest BCUT2D eigenvalue weighted by atomic mass is 10.2. The smallest absolute Gasteiger partial charge is 0.147 e. The molecule has 1 saturated heterocycles. The van der Waals surface area contributed by atoms with Crippen molar-refractivity contribution < 1.29 is 8.42 Å². The first-order valence-corrected chi connectivity index (χ1v) is 7.55. The number of nitrogens with zero attached hydrogens (tertiary/aromatic N) is 2. The first-order valence-electron chi connectivity index (χ1n) is 5.49. The molecule has 1 rings (SSSR count). The van der Waals surface area contributed by atoms with Gasteiger partial charge in [0, 0.05) is 38.5 Å². The maximum atomic E-state index is 11.0. The first-order chi connectivity index (χ1) is 6.88. The van der Waals surface area contributed by atoms with Gasteiger partial charge in [-0.3, -0.25) is 4.90 Å². The summed E-state index contributed by atoms with van der Waals surface area (Å²) in [6.07, 6.45) is 2.06. The van der Waals surface area contributed by atoms with Crippen LogP contribution in [0.4, 0.5) is 0 Å². The second-order valence-electron chi connectivity index (χ2n) is 4.61.